The van der Waals surface area contributed by atoms with Gasteiger partial charge in [0.1, 0.15) is 0 Å². The van der Waals surface area contributed by atoms with E-state index in [0.717, 1.165) is 44.7 Å². The average molecular weight is 667 g/mol. The number of hydrogen-bond acceptors (Lipinski definition) is 10. The molecule has 1 aromatic heterocycles. The summed E-state index contributed by atoms with van der Waals surface area (Å²) in [5.41, 5.74) is 11.0. The van der Waals surface area contributed by atoms with Crippen LogP contribution in [0.1, 0.15) is 77.5 Å². The van der Waals surface area contributed by atoms with Crippen LogP contribution >= 0.6 is 0 Å². The van der Waals surface area contributed by atoms with Crippen molar-refractivity contribution >= 4 is 53.0 Å². The summed E-state index contributed by atoms with van der Waals surface area (Å²) in [6, 6.07) is 0. The fraction of sp³-hybridized carbons (Fsp3) is 0.368. The third-order valence-electron chi connectivity index (χ3n) is 9.37. The monoisotopic (exact) mass is 666 g/mol. The van der Waals surface area contributed by atoms with Crippen LogP contribution in [0.2, 0.25) is 0 Å². The second-order valence-corrected chi connectivity index (χ2v) is 12.3. The number of nitrogens with one attached hydrogen (secondary N) is 1. The van der Waals surface area contributed by atoms with E-state index in [-0.39, 0.29) is 42.9 Å². The van der Waals surface area contributed by atoms with Gasteiger partial charge >= 0.3 is 17.9 Å². The largest absolute Gasteiger partial charge is 0.512 e. The van der Waals surface area contributed by atoms with E-state index in [1.54, 1.807) is 6.92 Å². The van der Waals surface area contributed by atoms with Crippen LogP contribution in [-0.4, -0.2) is 66.5 Å². The number of aliphatic imine (C=N–C) groups is 3. The predicted molar refractivity (Wildman–Crippen MR) is 189 cm³/mol. The summed E-state index contributed by atoms with van der Waals surface area (Å²) in [5.74, 6) is -0.832. The summed E-state index contributed by atoms with van der Waals surface area (Å²) in [5, 5.41) is 12.2. The fourth-order valence-electron chi connectivity index (χ4n) is 6.49. The molecule has 2 N–H and O–H groups in total. The Kier molecular flexibility index (Phi) is 10.3. The van der Waals surface area contributed by atoms with Crippen LogP contribution < -0.4 is 10.6 Å². The number of esters is 3. The summed E-state index contributed by atoms with van der Waals surface area (Å²) < 4.78 is 14.8. The number of aromatic amines is 1. The first kappa shape index (κ1) is 35.0. The lowest BCUT2D eigenvalue weighted by Crippen LogP contribution is -2.27. The molecule has 4 aliphatic rings. The number of hydrogen-bond donors (Lipinski definition) is 2. The molecule has 1 aromatic rings. The van der Waals surface area contributed by atoms with E-state index in [4.69, 9.17) is 29.2 Å². The van der Waals surface area contributed by atoms with Crippen molar-refractivity contribution in [1.82, 2.24) is 4.98 Å². The van der Waals surface area contributed by atoms with E-state index in [2.05, 4.69) is 4.98 Å². The molecular weight excluding hydrogens is 624 g/mol. The number of H-pyrrole nitrogens is 1. The molecule has 0 saturated carbocycles. The van der Waals surface area contributed by atoms with E-state index >= 15 is 0 Å². The maximum absolute atomic E-state index is 12.2. The molecule has 0 amide bonds. The molecule has 0 fully saturated rings. The molecule has 0 unspecified atom stereocenters. The van der Waals surface area contributed by atoms with E-state index in [1.165, 1.54) is 21.3 Å². The number of carbonyl (C=O) groups is 3. The number of aliphatic hydroxyl groups is 1. The summed E-state index contributed by atoms with van der Waals surface area (Å²) in [6.45, 7) is 9.48. The Morgan fingerprint density at radius 3 is 1.59 bits per heavy atom. The van der Waals surface area contributed by atoms with Gasteiger partial charge in [-0.2, -0.15) is 0 Å². The van der Waals surface area contributed by atoms with Crippen LogP contribution in [0.25, 0.3) is 17.9 Å². The highest BCUT2D eigenvalue weighted by Gasteiger charge is 2.28. The minimum absolute atomic E-state index is 0.144. The molecule has 0 aliphatic carbocycles. The lowest BCUT2D eigenvalue weighted by Gasteiger charge is -2.08. The van der Waals surface area contributed by atoms with Crippen LogP contribution in [0.3, 0.4) is 0 Å². The number of ether oxygens (including phenoxy) is 3. The van der Waals surface area contributed by atoms with Crippen molar-refractivity contribution in [1.29, 1.82) is 0 Å². The molecule has 49 heavy (non-hydrogen) atoms. The van der Waals surface area contributed by atoms with Crippen molar-refractivity contribution in [2.45, 2.75) is 73.1 Å². The normalized spacial score (nSPS) is 17.6. The number of methoxy groups -OCH3 is 3. The average Bonchev–Trinajstić information content (AvgIpc) is 3.74. The first-order chi connectivity index (χ1) is 23.4. The van der Waals surface area contributed by atoms with E-state index in [9.17, 15) is 19.5 Å². The second-order valence-electron chi connectivity index (χ2n) is 12.3. The maximum Gasteiger partial charge on any atom is 0.305 e. The van der Waals surface area contributed by atoms with Gasteiger partial charge in [0.05, 0.1) is 66.7 Å². The molecular formula is C38H42N4O7. The first-order valence-electron chi connectivity index (χ1n) is 16.2. The van der Waals surface area contributed by atoms with Crippen molar-refractivity contribution in [3.05, 3.63) is 84.5 Å². The quantitative estimate of drug-likeness (QED) is 0.275. The lowest BCUT2D eigenvalue weighted by atomic mass is 9.96. The zero-order valence-electron chi connectivity index (χ0n) is 29.3. The standard InChI is InChI=1S/C38H42N4O7/c1-19-24(9-12-35(44)47-6)31-16-30-22(4)38(23(5)43)34(42-30)17-29-21(3)26(11-14-37(46)49-8)33(41-29)18-32-25(10-13-36(45)48-7)20(2)28(40-32)15-27(19)39-31/h15-18,42-43H,9-14H2,1-8H3/b28-15?,31-16?,33-18?,34-17?,38-23-. The van der Waals surface area contributed by atoms with Gasteiger partial charge in [-0.25, -0.2) is 15.0 Å². The number of nitrogens with zero attached hydrogens (tertiary/aromatic N) is 3. The van der Waals surface area contributed by atoms with Crippen LogP contribution in [0, 0.1) is 6.92 Å². The van der Waals surface area contributed by atoms with Gasteiger partial charge in [0, 0.05) is 30.2 Å². The Morgan fingerprint density at radius 2 is 1.08 bits per heavy atom. The van der Waals surface area contributed by atoms with Gasteiger partial charge in [-0.1, -0.05) is 0 Å². The van der Waals surface area contributed by atoms with Gasteiger partial charge in [-0.05, 0) is 117 Å². The summed E-state index contributed by atoms with van der Waals surface area (Å²) in [7, 11) is 4.11. The molecule has 0 aromatic carbocycles. The van der Waals surface area contributed by atoms with Crippen molar-refractivity contribution < 1.29 is 33.7 Å². The molecule has 0 atom stereocenters. The maximum atomic E-state index is 12.2. The third-order valence-corrected chi connectivity index (χ3v) is 9.37. The highest BCUT2D eigenvalue weighted by molar-refractivity contribution is 6.24. The topological polar surface area (TPSA) is 152 Å². The van der Waals surface area contributed by atoms with Gasteiger partial charge in [0.15, 0.2) is 0 Å². The third kappa shape index (κ3) is 7.11. The highest BCUT2D eigenvalue weighted by Crippen LogP contribution is 2.36. The minimum atomic E-state index is -0.330. The smallest absolute Gasteiger partial charge is 0.305 e. The van der Waals surface area contributed by atoms with Gasteiger partial charge in [0.25, 0.3) is 0 Å². The zero-order valence-corrected chi connectivity index (χ0v) is 29.3. The molecule has 0 spiro atoms. The zero-order chi connectivity index (χ0) is 35.6. The summed E-state index contributed by atoms with van der Waals surface area (Å²) in [4.78, 5) is 55.2. The number of aliphatic hydroxyl groups excluding tert-OH is 1. The van der Waals surface area contributed by atoms with E-state index < -0.39 is 0 Å². The molecule has 11 nitrogen and oxygen atoms in total. The van der Waals surface area contributed by atoms with Crippen LogP contribution in [0.15, 0.2) is 77.7 Å². The Hall–Kier alpha value is -5.32. The number of fused-ring (bicyclic) bond motifs is 5. The first-order valence-corrected chi connectivity index (χ1v) is 16.2. The lowest BCUT2D eigenvalue weighted by molar-refractivity contribution is -0.141. The Morgan fingerprint density at radius 1 is 0.633 bits per heavy atom. The van der Waals surface area contributed by atoms with Gasteiger partial charge in [-0.15, -0.1) is 0 Å². The van der Waals surface area contributed by atoms with Crippen LogP contribution in [0.5, 0.6) is 0 Å². The molecule has 256 valence electrons. The molecule has 5 heterocycles. The van der Waals surface area contributed by atoms with Gasteiger partial charge < -0.3 is 24.3 Å². The van der Waals surface area contributed by atoms with Crippen molar-refractivity contribution in [3.63, 3.8) is 0 Å². The SMILES string of the molecule is COC(=O)CCC1=C(C)C2=NC1=Cc1[nH]c(/c(=C(/C)O)c1C)=CC1=NC(=CC3=NC(=C2)C(C)=C3CCC(=O)OC)C(CCC(=O)OC)=C1C. The summed E-state index contributed by atoms with van der Waals surface area (Å²) in [6.07, 6.45) is 9.42. The number of rotatable bonds is 9. The van der Waals surface area contributed by atoms with Crippen LogP contribution in [0.4, 0.5) is 0 Å². The van der Waals surface area contributed by atoms with Crippen molar-refractivity contribution in [3.8, 4) is 0 Å². The number of carbonyl (C=O) groups excluding carboxylic acids is 3. The predicted octanol–water partition coefficient (Wildman–Crippen LogP) is 5.08. The molecule has 4 aliphatic heterocycles. The van der Waals surface area contributed by atoms with E-state index in [1.807, 2.05) is 52.0 Å². The van der Waals surface area contributed by atoms with Gasteiger partial charge in [0.2, 0.25) is 0 Å². The molecule has 0 radical (unpaired) electrons. The molecule has 0 saturated heterocycles. The molecule has 8 bridgehead atoms. The fourth-order valence-corrected chi connectivity index (χ4v) is 6.49. The van der Waals surface area contributed by atoms with Crippen molar-refractivity contribution in [2.24, 2.45) is 15.0 Å². The molecule has 5 rings (SSSR count). The molecule has 11 heteroatoms. The van der Waals surface area contributed by atoms with Gasteiger partial charge in [-0.3, -0.25) is 14.4 Å². The van der Waals surface area contributed by atoms with Crippen molar-refractivity contribution in [2.75, 3.05) is 21.3 Å². The Labute approximate surface area is 285 Å². The highest BCUT2D eigenvalue weighted by atomic mass is 16.5. The number of allylic oxidation sites excluding steroid dienone is 8. The Balaban J connectivity index is 1.79. The minimum Gasteiger partial charge on any atom is -0.512 e. The van der Waals surface area contributed by atoms with E-state index in [0.29, 0.717) is 64.1 Å². The summed E-state index contributed by atoms with van der Waals surface area (Å²) >= 11 is 0. The Bertz CT molecular complexity index is 2070. The second kappa shape index (κ2) is 14.4. The number of aromatic nitrogens is 1. The van der Waals surface area contributed by atoms with Crippen LogP contribution in [-0.2, 0) is 28.6 Å².